The molecule has 1 aromatic heterocycles. The van der Waals surface area contributed by atoms with Gasteiger partial charge in [0.1, 0.15) is 11.6 Å². The molecule has 3 nitrogen and oxygen atoms in total. The number of rotatable bonds is 2. The highest BCUT2D eigenvalue weighted by Gasteiger charge is 2.18. The third kappa shape index (κ3) is 2.72. The van der Waals surface area contributed by atoms with Crippen LogP contribution in [0.2, 0.25) is 0 Å². The molecule has 0 bridgehead atoms. The number of aromatic nitrogens is 1. The van der Waals surface area contributed by atoms with Crippen molar-refractivity contribution in [1.82, 2.24) is 4.98 Å². The van der Waals surface area contributed by atoms with Crippen molar-refractivity contribution in [2.45, 2.75) is 26.4 Å². The second-order valence-electron chi connectivity index (χ2n) is 3.67. The van der Waals surface area contributed by atoms with E-state index in [-0.39, 0.29) is 0 Å². The molecule has 3 heteroatoms. The third-order valence-corrected chi connectivity index (χ3v) is 1.82. The summed E-state index contributed by atoms with van der Waals surface area (Å²) in [5, 5.41) is 8.86. The number of aryl methyl sites for hydroxylation is 1. The first-order valence-corrected chi connectivity index (χ1v) is 4.53. The van der Waals surface area contributed by atoms with Gasteiger partial charge in [-0.1, -0.05) is 5.92 Å². The van der Waals surface area contributed by atoms with Gasteiger partial charge in [-0.15, -0.1) is 6.42 Å². The zero-order chi connectivity index (χ0) is 11.5. The second-order valence-corrected chi connectivity index (χ2v) is 3.67. The van der Waals surface area contributed by atoms with Gasteiger partial charge < -0.3 is 4.74 Å². The average molecular weight is 200 g/mol. The number of terminal acetylenes is 1. The molecule has 15 heavy (non-hydrogen) atoms. The fraction of sp³-hybridized carbons (Fsp3) is 0.333. The van der Waals surface area contributed by atoms with Crippen molar-refractivity contribution in [3.63, 3.8) is 0 Å². The van der Waals surface area contributed by atoms with Crippen molar-refractivity contribution in [3.05, 3.63) is 23.4 Å². The fourth-order valence-corrected chi connectivity index (χ4v) is 0.967. The molecule has 0 aliphatic heterocycles. The normalized spacial score (nSPS) is 10.2. The highest BCUT2D eigenvalue weighted by atomic mass is 16.5. The maximum absolute atomic E-state index is 8.86. The summed E-state index contributed by atoms with van der Waals surface area (Å²) < 4.78 is 5.48. The molecule has 1 aromatic rings. The Morgan fingerprint density at radius 2 is 2.13 bits per heavy atom. The molecule has 0 aromatic carbocycles. The van der Waals surface area contributed by atoms with Gasteiger partial charge in [0, 0.05) is 5.69 Å². The van der Waals surface area contributed by atoms with E-state index in [9.17, 15) is 0 Å². The van der Waals surface area contributed by atoms with Gasteiger partial charge in [-0.05, 0) is 32.9 Å². The van der Waals surface area contributed by atoms with Crippen LogP contribution in [0.15, 0.2) is 12.1 Å². The minimum absolute atomic E-state index is 0.292. The minimum Gasteiger partial charge on any atom is -0.457 e. The Bertz CT molecular complexity index is 450. The summed E-state index contributed by atoms with van der Waals surface area (Å²) in [6.07, 6.45) is 5.30. The van der Waals surface area contributed by atoms with Crippen LogP contribution < -0.4 is 4.74 Å². The number of hydrogen-bond donors (Lipinski definition) is 0. The van der Waals surface area contributed by atoms with Crippen molar-refractivity contribution in [2.24, 2.45) is 0 Å². The van der Waals surface area contributed by atoms with E-state index in [2.05, 4.69) is 10.9 Å². The highest BCUT2D eigenvalue weighted by molar-refractivity contribution is 5.39. The van der Waals surface area contributed by atoms with Gasteiger partial charge in [0.15, 0.2) is 5.60 Å². The van der Waals surface area contributed by atoms with Crippen LogP contribution in [0.1, 0.15) is 25.1 Å². The van der Waals surface area contributed by atoms with E-state index in [1.54, 1.807) is 26.0 Å². The molecule has 0 saturated carbocycles. The molecule has 0 unspecified atom stereocenters. The van der Waals surface area contributed by atoms with E-state index in [0.717, 1.165) is 5.69 Å². The summed E-state index contributed by atoms with van der Waals surface area (Å²) in [6.45, 7) is 5.33. The predicted octanol–water partition coefficient (Wildman–Crippen LogP) is 2.05. The Kier molecular flexibility index (Phi) is 2.97. The predicted molar refractivity (Wildman–Crippen MR) is 57.2 cm³/mol. The molecule has 1 rings (SSSR count). The van der Waals surface area contributed by atoms with E-state index in [0.29, 0.717) is 11.4 Å². The summed E-state index contributed by atoms with van der Waals surface area (Å²) in [5.74, 6) is 2.78. The highest BCUT2D eigenvalue weighted by Crippen LogP contribution is 2.20. The van der Waals surface area contributed by atoms with Crippen molar-refractivity contribution in [2.75, 3.05) is 0 Å². The van der Waals surface area contributed by atoms with Crippen molar-refractivity contribution in [3.8, 4) is 24.3 Å². The van der Waals surface area contributed by atoms with Gasteiger partial charge >= 0.3 is 0 Å². The maximum atomic E-state index is 8.86. The molecule has 0 atom stereocenters. The number of hydrogen-bond acceptors (Lipinski definition) is 3. The van der Waals surface area contributed by atoms with Gasteiger partial charge in [0.05, 0.1) is 0 Å². The average Bonchev–Trinajstić information content (AvgIpc) is 2.18. The topological polar surface area (TPSA) is 45.9 Å². The minimum atomic E-state index is -0.758. The van der Waals surface area contributed by atoms with Gasteiger partial charge in [0.25, 0.3) is 0 Å². The zero-order valence-electron chi connectivity index (χ0n) is 9.03. The number of ether oxygens (including phenoxy) is 1. The van der Waals surface area contributed by atoms with E-state index >= 15 is 0 Å². The lowest BCUT2D eigenvalue weighted by Gasteiger charge is -2.19. The Hall–Kier alpha value is -2.00. The van der Waals surface area contributed by atoms with Gasteiger partial charge in [-0.2, -0.15) is 5.26 Å². The molecule has 0 N–H and O–H groups in total. The van der Waals surface area contributed by atoms with Crippen molar-refractivity contribution >= 4 is 0 Å². The zero-order valence-corrected chi connectivity index (χ0v) is 9.03. The third-order valence-electron chi connectivity index (χ3n) is 1.82. The standard InChI is InChI=1S/C12H12N2O/c1-5-12(3,4)15-11-10(8-13)7-6-9(2)14-11/h1,6-7H,2-4H3. The largest absolute Gasteiger partial charge is 0.457 e. The van der Waals surface area contributed by atoms with E-state index < -0.39 is 5.60 Å². The molecule has 0 radical (unpaired) electrons. The molecule has 1 heterocycles. The Morgan fingerprint density at radius 3 is 2.67 bits per heavy atom. The van der Waals surface area contributed by atoms with Gasteiger partial charge in [0.2, 0.25) is 5.88 Å². The summed E-state index contributed by atoms with van der Waals surface area (Å²) in [6, 6.07) is 5.44. The molecular weight excluding hydrogens is 188 g/mol. The molecule has 0 saturated heterocycles. The quantitative estimate of drug-likeness (QED) is 0.686. The smallest absolute Gasteiger partial charge is 0.233 e. The first-order valence-electron chi connectivity index (χ1n) is 4.53. The summed E-state index contributed by atoms with van der Waals surface area (Å²) in [7, 11) is 0. The first kappa shape index (κ1) is 11.1. The molecule has 76 valence electrons. The lowest BCUT2D eigenvalue weighted by molar-refractivity contribution is 0.164. The van der Waals surface area contributed by atoms with Gasteiger partial charge in [-0.3, -0.25) is 0 Å². The van der Waals surface area contributed by atoms with E-state index in [1.165, 1.54) is 0 Å². The molecule has 0 spiro atoms. The molecule has 0 fully saturated rings. The second kappa shape index (κ2) is 4.02. The SMILES string of the molecule is C#CC(C)(C)Oc1nc(C)ccc1C#N. The number of pyridine rings is 1. The van der Waals surface area contributed by atoms with Crippen LogP contribution in [-0.2, 0) is 0 Å². The van der Waals surface area contributed by atoms with Crippen LogP contribution in [0, 0.1) is 30.6 Å². The van der Waals surface area contributed by atoms with Crippen molar-refractivity contribution in [1.29, 1.82) is 5.26 Å². The number of nitriles is 1. The number of nitrogens with zero attached hydrogens (tertiary/aromatic N) is 2. The van der Waals surface area contributed by atoms with Crippen LogP contribution in [0.3, 0.4) is 0 Å². The summed E-state index contributed by atoms with van der Waals surface area (Å²) in [4.78, 5) is 4.14. The molecule has 0 aliphatic carbocycles. The summed E-state index contributed by atoms with van der Waals surface area (Å²) in [5.41, 5.74) is 0.424. The summed E-state index contributed by atoms with van der Waals surface area (Å²) >= 11 is 0. The maximum Gasteiger partial charge on any atom is 0.233 e. The fourth-order valence-electron chi connectivity index (χ4n) is 0.967. The lowest BCUT2D eigenvalue weighted by Crippen LogP contribution is -2.26. The van der Waals surface area contributed by atoms with Crippen LogP contribution >= 0.6 is 0 Å². The van der Waals surface area contributed by atoms with E-state index in [1.807, 2.05) is 13.0 Å². The monoisotopic (exact) mass is 200 g/mol. The Balaban J connectivity index is 3.10. The van der Waals surface area contributed by atoms with Crippen LogP contribution in [0.5, 0.6) is 5.88 Å². The van der Waals surface area contributed by atoms with Gasteiger partial charge in [-0.25, -0.2) is 4.98 Å². The lowest BCUT2D eigenvalue weighted by atomic mass is 10.1. The van der Waals surface area contributed by atoms with Crippen molar-refractivity contribution < 1.29 is 4.74 Å². The van der Waals surface area contributed by atoms with Crippen LogP contribution in [0.25, 0.3) is 0 Å². The first-order chi connectivity index (χ1) is 6.98. The molecular formula is C12H12N2O. The molecule has 0 aliphatic rings. The van der Waals surface area contributed by atoms with E-state index in [4.69, 9.17) is 16.4 Å². The molecule has 0 amide bonds. The van der Waals surface area contributed by atoms with Crippen LogP contribution in [-0.4, -0.2) is 10.6 Å². The van der Waals surface area contributed by atoms with Crippen LogP contribution in [0.4, 0.5) is 0 Å². The Labute approximate surface area is 89.7 Å². The Morgan fingerprint density at radius 1 is 1.47 bits per heavy atom.